The van der Waals surface area contributed by atoms with E-state index in [0.717, 1.165) is 42.1 Å². The standard InChI is InChI=1S/C30H37N3O5/c1-30(2)15-23-28(25(34)16-30)29(21-14-19(36-3)11-12-26(21)37-4)33(24-10-6-5-9-22(24)32-23)18-27(35)31-17-20-8-7-13-38-20/h5-6,9-12,14,20,29,32H,7-8,13,15-18H2,1-4H3,(H,31,35). The number of benzene rings is 2. The Hall–Kier alpha value is -3.52. The van der Waals surface area contributed by atoms with Gasteiger partial charge in [0.25, 0.3) is 0 Å². The van der Waals surface area contributed by atoms with Crippen LogP contribution in [0.4, 0.5) is 11.4 Å². The van der Waals surface area contributed by atoms with E-state index in [1.54, 1.807) is 14.2 Å². The summed E-state index contributed by atoms with van der Waals surface area (Å²) in [4.78, 5) is 29.3. The molecule has 2 atom stereocenters. The molecule has 3 aliphatic rings. The second-order valence-electron chi connectivity index (χ2n) is 11.1. The molecule has 0 radical (unpaired) electrons. The number of anilines is 2. The van der Waals surface area contributed by atoms with Gasteiger partial charge in [0, 0.05) is 36.4 Å². The van der Waals surface area contributed by atoms with Gasteiger partial charge >= 0.3 is 0 Å². The minimum Gasteiger partial charge on any atom is -0.497 e. The lowest BCUT2D eigenvalue weighted by Gasteiger charge is -2.38. The van der Waals surface area contributed by atoms with Gasteiger partial charge in [0.15, 0.2) is 5.78 Å². The van der Waals surface area contributed by atoms with Gasteiger partial charge in [0.05, 0.1) is 44.3 Å². The molecule has 1 amide bonds. The molecular formula is C30H37N3O5. The van der Waals surface area contributed by atoms with E-state index in [-0.39, 0.29) is 29.8 Å². The Bertz CT molecular complexity index is 1250. The van der Waals surface area contributed by atoms with Gasteiger partial charge in [-0.15, -0.1) is 0 Å². The number of hydrogen-bond donors (Lipinski definition) is 2. The highest BCUT2D eigenvalue weighted by Crippen LogP contribution is 2.50. The molecule has 202 valence electrons. The van der Waals surface area contributed by atoms with Crippen LogP contribution in [-0.4, -0.2) is 51.7 Å². The molecule has 2 heterocycles. The van der Waals surface area contributed by atoms with E-state index in [1.807, 2.05) is 47.4 Å². The first-order chi connectivity index (χ1) is 18.3. The first-order valence-electron chi connectivity index (χ1n) is 13.3. The summed E-state index contributed by atoms with van der Waals surface area (Å²) in [6, 6.07) is 12.9. The number of amides is 1. The highest BCUT2D eigenvalue weighted by molar-refractivity contribution is 6.02. The van der Waals surface area contributed by atoms with Crippen molar-refractivity contribution in [1.82, 2.24) is 5.32 Å². The minimum absolute atomic E-state index is 0.0442. The molecule has 2 aliphatic heterocycles. The lowest BCUT2D eigenvalue weighted by molar-refractivity contribution is -0.121. The van der Waals surface area contributed by atoms with Crippen molar-refractivity contribution in [3.05, 3.63) is 59.3 Å². The van der Waals surface area contributed by atoms with Crippen molar-refractivity contribution in [2.75, 3.05) is 44.1 Å². The van der Waals surface area contributed by atoms with Gasteiger partial charge in [0.1, 0.15) is 11.5 Å². The first-order valence-corrected chi connectivity index (χ1v) is 13.3. The number of hydrogen-bond acceptors (Lipinski definition) is 7. The van der Waals surface area contributed by atoms with Gasteiger partial charge in [0.2, 0.25) is 5.91 Å². The largest absolute Gasteiger partial charge is 0.497 e. The Morgan fingerprint density at radius 3 is 2.71 bits per heavy atom. The Morgan fingerprint density at radius 1 is 1.16 bits per heavy atom. The van der Waals surface area contributed by atoms with Gasteiger partial charge in [-0.25, -0.2) is 0 Å². The van der Waals surface area contributed by atoms with Crippen molar-refractivity contribution in [2.24, 2.45) is 5.41 Å². The molecular weight excluding hydrogens is 482 g/mol. The molecule has 0 bridgehead atoms. The van der Waals surface area contributed by atoms with Crippen molar-refractivity contribution in [3.8, 4) is 11.5 Å². The molecule has 2 unspecified atom stereocenters. The first kappa shape index (κ1) is 26.1. The maximum Gasteiger partial charge on any atom is 0.239 e. The average Bonchev–Trinajstić information content (AvgIpc) is 3.37. The van der Waals surface area contributed by atoms with E-state index in [1.165, 1.54) is 0 Å². The molecule has 1 saturated heterocycles. The molecule has 5 rings (SSSR count). The average molecular weight is 520 g/mol. The Morgan fingerprint density at radius 2 is 1.97 bits per heavy atom. The predicted molar refractivity (Wildman–Crippen MR) is 147 cm³/mol. The quantitative estimate of drug-likeness (QED) is 0.552. The van der Waals surface area contributed by atoms with Crippen LogP contribution in [0, 0.1) is 5.41 Å². The third kappa shape index (κ3) is 5.23. The maximum atomic E-state index is 13.9. The normalized spacial score (nSPS) is 22.2. The Labute approximate surface area is 224 Å². The number of para-hydroxylation sites is 2. The van der Waals surface area contributed by atoms with Crippen molar-refractivity contribution < 1.29 is 23.8 Å². The van der Waals surface area contributed by atoms with Gasteiger partial charge < -0.3 is 29.7 Å². The van der Waals surface area contributed by atoms with E-state index in [9.17, 15) is 9.59 Å². The summed E-state index contributed by atoms with van der Waals surface area (Å²) >= 11 is 0. The SMILES string of the molecule is COc1ccc(OC)c(C2C3=C(CC(C)(C)CC3=O)Nc3ccccc3N2CC(=O)NCC2CCCO2)c1. The van der Waals surface area contributed by atoms with Crippen LogP contribution in [0.3, 0.4) is 0 Å². The third-order valence-corrected chi connectivity index (χ3v) is 7.60. The molecule has 0 saturated carbocycles. The predicted octanol–water partition coefficient (Wildman–Crippen LogP) is 4.62. The van der Waals surface area contributed by atoms with Gasteiger partial charge in [-0.05, 0) is 55.0 Å². The van der Waals surface area contributed by atoms with Crippen LogP contribution in [0.2, 0.25) is 0 Å². The molecule has 2 aromatic carbocycles. The fourth-order valence-corrected chi connectivity index (χ4v) is 5.85. The van der Waals surface area contributed by atoms with Gasteiger partial charge in [-0.1, -0.05) is 26.0 Å². The van der Waals surface area contributed by atoms with Gasteiger partial charge in [-0.2, -0.15) is 0 Å². The molecule has 0 aromatic heterocycles. The number of fused-ring (bicyclic) bond motifs is 1. The molecule has 1 aliphatic carbocycles. The smallest absolute Gasteiger partial charge is 0.239 e. The zero-order valence-electron chi connectivity index (χ0n) is 22.6. The second kappa shape index (κ2) is 10.7. The third-order valence-electron chi connectivity index (χ3n) is 7.60. The number of carbonyl (C=O) groups is 2. The number of nitrogens with zero attached hydrogens (tertiary/aromatic N) is 1. The van der Waals surface area contributed by atoms with Crippen LogP contribution in [-0.2, 0) is 14.3 Å². The van der Waals surface area contributed by atoms with E-state index in [4.69, 9.17) is 14.2 Å². The van der Waals surface area contributed by atoms with Crippen LogP contribution in [0.1, 0.15) is 51.1 Å². The lowest BCUT2D eigenvalue weighted by atomic mass is 9.73. The number of Topliss-reactive ketones (excluding diaryl/α,β-unsaturated/α-hetero) is 1. The van der Waals surface area contributed by atoms with Crippen LogP contribution >= 0.6 is 0 Å². The second-order valence-corrected chi connectivity index (χ2v) is 11.1. The molecule has 0 spiro atoms. The van der Waals surface area contributed by atoms with E-state index < -0.39 is 6.04 Å². The number of ether oxygens (including phenoxy) is 3. The molecule has 8 heteroatoms. The topological polar surface area (TPSA) is 89.1 Å². The molecule has 2 aromatic rings. The number of nitrogens with one attached hydrogen (secondary N) is 2. The summed E-state index contributed by atoms with van der Waals surface area (Å²) in [7, 11) is 3.23. The van der Waals surface area contributed by atoms with Crippen molar-refractivity contribution in [3.63, 3.8) is 0 Å². The van der Waals surface area contributed by atoms with Crippen molar-refractivity contribution in [1.29, 1.82) is 0 Å². The summed E-state index contributed by atoms with van der Waals surface area (Å²) in [5.74, 6) is 1.22. The van der Waals surface area contributed by atoms with Crippen LogP contribution in [0.15, 0.2) is 53.7 Å². The highest BCUT2D eigenvalue weighted by Gasteiger charge is 2.43. The van der Waals surface area contributed by atoms with Crippen molar-refractivity contribution >= 4 is 23.1 Å². The van der Waals surface area contributed by atoms with Crippen LogP contribution < -0.4 is 25.0 Å². The van der Waals surface area contributed by atoms with Gasteiger partial charge in [-0.3, -0.25) is 9.59 Å². The van der Waals surface area contributed by atoms with E-state index >= 15 is 0 Å². The number of ketones is 1. The zero-order valence-corrected chi connectivity index (χ0v) is 22.6. The molecule has 1 fully saturated rings. The minimum atomic E-state index is -0.553. The fraction of sp³-hybridized carbons (Fsp3) is 0.467. The van der Waals surface area contributed by atoms with Crippen LogP contribution in [0.5, 0.6) is 11.5 Å². The Kier molecular flexibility index (Phi) is 7.34. The number of rotatable bonds is 7. The Balaban J connectivity index is 1.64. The summed E-state index contributed by atoms with van der Waals surface area (Å²) in [5.41, 5.74) is 3.85. The summed E-state index contributed by atoms with van der Waals surface area (Å²) < 4.78 is 17.1. The lowest BCUT2D eigenvalue weighted by Crippen LogP contribution is -2.43. The molecule has 38 heavy (non-hydrogen) atoms. The summed E-state index contributed by atoms with van der Waals surface area (Å²) in [5, 5.41) is 6.65. The van der Waals surface area contributed by atoms with E-state index in [2.05, 4.69) is 24.5 Å². The number of allylic oxidation sites excluding steroid dienone is 1. The highest BCUT2D eigenvalue weighted by atomic mass is 16.5. The summed E-state index contributed by atoms with van der Waals surface area (Å²) in [6.07, 6.45) is 3.14. The van der Waals surface area contributed by atoms with Crippen molar-refractivity contribution in [2.45, 2.75) is 51.7 Å². The molecule has 8 nitrogen and oxygen atoms in total. The van der Waals surface area contributed by atoms with Crippen LogP contribution in [0.25, 0.3) is 0 Å². The monoisotopic (exact) mass is 519 g/mol. The summed E-state index contributed by atoms with van der Waals surface area (Å²) in [6.45, 7) is 5.50. The van der Waals surface area contributed by atoms with E-state index in [0.29, 0.717) is 36.5 Å². The maximum absolute atomic E-state index is 13.9. The number of carbonyl (C=O) groups excluding carboxylic acids is 2. The zero-order chi connectivity index (χ0) is 26.9. The fourth-order valence-electron chi connectivity index (χ4n) is 5.85. The number of methoxy groups -OCH3 is 2. The molecule has 2 N–H and O–H groups in total.